The van der Waals surface area contributed by atoms with Gasteiger partial charge in [-0.3, -0.25) is 0 Å². The van der Waals surface area contributed by atoms with E-state index in [0.717, 1.165) is 0 Å². The van der Waals surface area contributed by atoms with Crippen molar-refractivity contribution in [3.05, 3.63) is 103 Å². The van der Waals surface area contributed by atoms with Crippen molar-refractivity contribution in [2.75, 3.05) is 6.61 Å². The average Bonchev–Trinajstić information content (AvgIpc) is 2.75. The number of aliphatic carboxylic acids is 1. The standard InChI is InChI=1S/C24H24O3Si/c1-20(24(25)26)12-11-19-27-28(21-13-5-2-6-14-21,22-15-7-3-8-16-22)23-17-9-4-10-18-23/h2-10,13-18H,1,11-12,19H2,(H,25,26). The van der Waals surface area contributed by atoms with Crippen molar-refractivity contribution in [1.82, 2.24) is 0 Å². The molecular formula is C24H24O3Si. The molecule has 0 saturated heterocycles. The van der Waals surface area contributed by atoms with Gasteiger partial charge in [0.15, 0.2) is 0 Å². The quantitative estimate of drug-likeness (QED) is 0.265. The second-order valence-corrected chi connectivity index (χ2v) is 10.0. The van der Waals surface area contributed by atoms with E-state index < -0.39 is 14.3 Å². The van der Waals surface area contributed by atoms with Crippen LogP contribution in [0.5, 0.6) is 0 Å². The first-order valence-electron chi connectivity index (χ1n) is 9.36. The van der Waals surface area contributed by atoms with Crippen molar-refractivity contribution in [3.63, 3.8) is 0 Å². The Balaban J connectivity index is 2.01. The van der Waals surface area contributed by atoms with Crippen molar-refractivity contribution < 1.29 is 14.3 Å². The highest BCUT2D eigenvalue weighted by molar-refractivity contribution is 7.07. The summed E-state index contributed by atoms with van der Waals surface area (Å²) >= 11 is 0. The minimum Gasteiger partial charge on any atom is -0.478 e. The number of carbonyl (C=O) groups is 1. The maximum atomic E-state index is 11.0. The summed E-state index contributed by atoms with van der Waals surface area (Å²) in [6.07, 6.45) is 1.03. The molecule has 0 aliphatic rings. The first-order chi connectivity index (χ1) is 13.6. The summed E-state index contributed by atoms with van der Waals surface area (Å²) in [6, 6.07) is 31.0. The van der Waals surface area contributed by atoms with Gasteiger partial charge in [-0.2, -0.15) is 0 Å². The molecule has 0 heterocycles. The SMILES string of the molecule is C=C(CCCO[Si](c1ccccc1)(c1ccccc1)c1ccccc1)C(=O)O. The molecule has 0 saturated carbocycles. The van der Waals surface area contributed by atoms with E-state index in [4.69, 9.17) is 9.53 Å². The zero-order valence-electron chi connectivity index (χ0n) is 15.8. The molecule has 0 aliphatic carbocycles. The predicted molar refractivity (Wildman–Crippen MR) is 116 cm³/mol. The Kier molecular flexibility index (Phi) is 6.58. The van der Waals surface area contributed by atoms with Gasteiger partial charge in [-0.25, -0.2) is 4.79 Å². The third-order valence-corrected chi connectivity index (χ3v) is 8.86. The second kappa shape index (κ2) is 9.31. The first kappa shape index (κ1) is 19.8. The molecular weight excluding hydrogens is 364 g/mol. The Morgan fingerprint density at radius 3 is 1.54 bits per heavy atom. The Morgan fingerprint density at radius 1 is 0.786 bits per heavy atom. The molecule has 0 spiro atoms. The topological polar surface area (TPSA) is 46.5 Å². The second-order valence-electron chi connectivity index (χ2n) is 6.64. The summed E-state index contributed by atoms with van der Waals surface area (Å²) in [4.78, 5) is 11.0. The van der Waals surface area contributed by atoms with Crippen LogP contribution in [0.15, 0.2) is 103 Å². The van der Waals surface area contributed by atoms with Crippen LogP contribution in [-0.2, 0) is 9.22 Å². The molecule has 0 aromatic heterocycles. The van der Waals surface area contributed by atoms with Crippen molar-refractivity contribution >= 4 is 29.8 Å². The molecule has 0 aliphatic heterocycles. The molecule has 0 radical (unpaired) electrons. The maximum Gasteiger partial charge on any atom is 0.330 e. The fourth-order valence-corrected chi connectivity index (χ4v) is 7.32. The first-order valence-corrected chi connectivity index (χ1v) is 11.3. The van der Waals surface area contributed by atoms with Crippen LogP contribution < -0.4 is 15.6 Å². The Morgan fingerprint density at radius 2 is 1.18 bits per heavy atom. The number of hydrogen-bond acceptors (Lipinski definition) is 2. The van der Waals surface area contributed by atoms with Gasteiger partial charge in [0.2, 0.25) is 0 Å². The summed E-state index contributed by atoms with van der Waals surface area (Å²) in [5.74, 6) is -0.947. The lowest BCUT2D eigenvalue weighted by Gasteiger charge is -2.33. The Bertz CT molecular complexity index is 812. The van der Waals surface area contributed by atoms with Gasteiger partial charge in [-0.15, -0.1) is 0 Å². The van der Waals surface area contributed by atoms with Crippen LogP contribution in [0.4, 0.5) is 0 Å². The lowest BCUT2D eigenvalue weighted by Crippen LogP contribution is -2.69. The van der Waals surface area contributed by atoms with Crippen molar-refractivity contribution in [1.29, 1.82) is 0 Å². The van der Waals surface area contributed by atoms with E-state index in [9.17, 15) is 4.79 Å². The third-order valence-electron chi connectivity index (χ3n) is 4.78. The molecule has 142 valence electrons. The molecule has 0 fully saturated rings. The van der Waals surface area contributed by atoms with Gasteiger partial charge in [0.05, 0.1) is 0 Å². The Hall–Kier alpha value is -2.95. The molecule has 3 nitrogen and oxygen atoms in total. The highest BCUT2D eigenvalue weighted by Crippen LogP contribution is 2.12. The van der Waals surface area contributed by atoms with Gasteiger partial charge in [0.25, 0.3) is 8.32 Å². The monoisotopic (exact) mass is 388 g/mol. The fraction of sp³-hybridized carbons (Fsp3) is 0.125. The van der Waals surface area contributed by atoms with Crippen LogP contribution in [-0.4, -0.2) is 26.0 Å². The molecule has 0 bridgehead atoms. The zero-order chi connectivity index (χ0) is 19.8. The molecule has 0 atom stereocenters. The summed E-state index contributed by atoms with van der Waals surface area (Å²) in [6.45, 7) is 4.09. The molecule has 0 unspecified atom stereocenters. The molecule has 3 rings (SSSR count). The van der Waals surface area contributed by atoms with Crippen LogP contribution in [0.1, 0.15) is 12.8 Å². The minimum absolute atomic E-state index is 0.218. The highest BCUT2D eigenvalue weighted by Gasteiger charge is 2.41. The van der Waals surface area contributed by atoms with Gasteiger partial charge in [-0.1, -0.05) is 97.6 Å². The molecule has 3 aromatic rings. The van der Waals surface area contributed by atoms with E-state index in [-0.39, 0.29) is 5.57 Å². The van der Waals surface area contributed by atoms with Crippen LogP contribution >= 0.6 is 0 Å². The van der Waals surface area contributed by atoms with Gasteiger partial charge in [0.1, 0.15) is 0 Å². The molecule has 28 heavy (non-hydrogen) atoms. The van der Waals surface area contributed by atoms with Crippen LogP contribution in [0.25, 0.3) is 0 Å². The van der Waals surface area contributed by atoms with Crippen molar-refractivity contribution in [2.45, 2.75) is 12.8 Å². The van der Waals surface area contributed by atoms with E-state index in [2.05, 4.69) is 43.0 Å². The molecule has 1 N–H and O–H groups in total. The zero-order valence-corrected chi connectivity index (χ0v) is 16.8. The van der Waals surface area contributed by atoms with Crippen molar-refractivity contribution in [3.8, 4) is 0 Å². The summed E-state index contributed by atoms with van der Waals surface area (Å²) in [5, 5.41) is 12.6. The van der Waals surface area contributed by atoms with Gasteiger partial charge in [0, 0.05) is 12.2 Å². The molecule has 3 aromatic carbocycles. The number of carboxylic acids is 1. The number of carboxylic acid groups (broad SMARTS) is 1. The predicted octanol–water partition coefficient (Wildman–Crippen LogP) is 3.09. The minimum atomic E-state index is -2.70. The van der Waals surface area contributed by atoms with Gasteiger partial charge >= 0.3 is 5.97 Å². The van der Waals surface area contributed by atoms with E-state index in [1.54, 1.807) is 0 Å². The Labute approximate surface area is 167 Å². The van der Waals surface area contributed by atoms with Crippen LogP contribution in [0, 0.1) is 0 Å². The summed E-state index contributed by atoms with van der Waals surface area (Å²) < 4.78 is 6.72. The largest absolute Gasteiger partial charge is 0.478 e. The third kappa shape index (κ3) is 4.30. The van der Waals surface area contributed by atoms with E-state index in [1.807, 2.05) is 54.6 Å². The highest BCUT2D eigenvalue weighted by atomic mass is 28.4. The van der Waals surface area contributed by atoms with Crippen LogP contribution in [0.2, 0.25) is 0 Å². The fourth-order valence-electron chi connectivity index (χ4n) is 3.39. The molecule has 4 heteroatoms. The normalized spacial score (nSPS) is 11.1. The number of hydrogen-bond donors (Lipinski definition) is 1. The molecule has 0 amide bonds. The van der Waals surface area contributed by atoms with Crippen LogP contribution in [0.3, 0.4) is 0 Å². The van der Waals surface area contributed by atoms with Crippen molar-refractivity contribution in [2.24, 2.45) is 0 Å². The smallest absolute Gasteiger partial charge is 0.330 e. The lowest BCUT2D eigenvalue weighted by atomic mass is 10.2. The van der Waals surface area contributed by atoms with E-state index in [1.165, 1.54) is 15.6 Å². The average molecular weight is 389 g/mol. The van der Waals surface area contributed by atoms with E-state index >= 15 is 0 Å². The van der Waals surface area contributed by atoms with Gasteiger partial charge in [-0.05, 0) is 28.4 Å². The van der Waals surface area contributed by atoms with E-state index in [0.29, 0.717) is 19.4 Å². The maximum absolute atomic E-state index is 11.0. The number of benzene rings is 3. The summed E-state index contributed by atoms with van der Waals surface area (Å²) in [7, 11) is -2.70. The lowest BCUT2D eigenvalue weighted by molar-refractivity contribution is -0.132. The number of rotatable bonds is 9. The summed E-state index contributed by atoms with van der Waals surface area (Å²) in [5.41, 5.74) is 0.218. The van der Waals surface area contributed by atoms with Gasteiger partial charge < -0.3 is 9.53 Å².